The molecule has 0 spiro atoms. The number of aliphatic hydroxyl groups is 1. The Labute approximate surface area is 186 Å². The number of carbonyl (C=O) groups is 2. The number of likely N-dealkylation sites (tertiary alicyclic amines) is 1. The molecule has 1 unspecified atom stereocenters. The lowest BCUT2D eigenvalue weighted by molar-refractivity contribution is -0.384. The summed E-state index contributed by atoms with van der Waals surface area (Å²) in [7, 11) is 0. The summed E-state index contributed by atoms with van der Waals surface area (Å²) in [4.78, 5) is 38.0. The predicted molar refractivity (Wildman–Crippen MR) is 119 cm³/mol. The van der Waals surface area contributed by atoms with Crippen molar-refractivity contribution in [3.8, 4) is 0 Å². The maximum atomic E-state index is 13.0. The van der Waals surface area contributed by atoms with Crippen LogP contribution in [-0.4, -0.2) is 45.9 Å². The molecule has 1 fully saturated rings. The molecule has 0 saturated carbocycles. The number of rotatable bonds is 8. The Morgan fingerprint density at radius 3 is 2.56 bits per heavy atom. The first-order valence-electron chi connectivity index (χ1n) is 10.4. The summed E-state index contributed by atoms with van der Waals surface area (Å²) >= 11 is 0. The van der Waals surface area contributed by atoms with Gasteiger partial charge in [-0.15, -0.1) is 0 Å². The van der Waals surface area contributed by atoms with E-state index in [0.29, 0.717) is 18.6 Å². The van der Waals surface area contributed by atoms with Gasteiger partial charge in [0, 0.05) is 30.8 Å². The van der Waals surface area contributed by atoms with E-state index in [0.717, 1.165) is 5.56 Å². The zero-order chi connectivity index (χ0) is 23.4. The third-order valence-corrected chi connectivity index (χ3v) is 5.35. The fourth-order valence-corrected chi connectivity index (χ4v) is 3.80. The van der Waals surface area contributed by atoms with Crippen molar-refractivity contribution in [2.45, 2.75) is 39.3 Å². The first-order chi connectivity index (χ1) is 15.2. The zero-order valence-electron chi connectivity index (χ0n) is 18.3. The number of nitro benzene ring substituents is 1. The predicted octanol–water partition coefficient (Wildman–Crippen LogP) is 4.14. The molecule has 1 aliphatic rings. The van der Waals surface area contributed by atoms with Gasteiger partial charge in [0.2, 0.25) is 0 Å². The van der Waals surface area contributed by atoms with Crippen molar-refractivity contribution < 1.29 is 24.4 Å². The Hall–Kier alpha value is -3.52. The molecule has 3 rings (SSSR count). The Kier molecular flexibility index (Phi) is 7.05. The zero-order valence-corrected chi connectivity index (χ0v) is 18.3. The first kappa shape index (κ1) is 23.1. The van der Waals surface area contributed by atoms with Crippen LogP contribution in [0.4, 0.5) is 5.69 Å². The third kappa shape index (κ3) is 4.70. The lowest BCUT2D eigenvalue weighted by Crippen LogP contribution is -2.31. The normalized spacial score (nSPS) is 17.9. The largest absolute Gasteiger partial charge is 0.507 e. The van der Waals surface area contributed by atoms with Crippen molar-refractivity contribution >= 4 is 23.1 Å². The summed E-state index contributed by atoms with van der Waals surface area (Å²) in [5.41, 5.74) is 1.38. The molecule has 168 valence electrons. The highest BCUT2D eigenvalue weighted by molar-refractivity contribution is 6.46. The topological polar surface area (TPSA) is 110 Å². The number of aryl methyl sites for hydroxylation is 1. The number of Topliss-reactive ketones (excluding diaryl/α,β-unsaturated/α-hetero) is 1. The Morgan fingerprint density at radius 2 is 1.91 bits per heavy atom. The minimum Gasteiger partial charge on any atom is -0.507 e. The van der Waals surface area contributed by atoms with Gasteiger partial charge in [0.1, 0.15) is 5.76 Å². The second-order valence-corrected chi connectivity index (χ2v) is 7.93. The summed E-state index contributed by atoms with van der Waals surface area (Å²) in [6.45, 7) is 6.38. The van der Waals surface area contributed by atoms with E-state index in [1.807, 2.05) is 39.0 Å². The van der Waals surface area contributed by atoms with Crippen LogP contribution in [0.25, 0.3) is 5.76 Å². The molecule has 1 amide bonds. The van der Waals surface area contributed by atoms with Gasteiger partial charge in [-0.1, -0.05) is 36.4 Å². The summed E-state index contributed by atoms with van der Waals surface area (Å²) in [6.07, 6.45) is 0.566. The minimum atomic E-state index is -0.813. The van der Waals surface area contributed by atoms with Crippen LogP contribution in [0.1, 0.15) is 43.0 Å². The first-order valence-corrected chi connectivity index (χ1v) is 10.4. The van der Waals surface area contributed by atoms with E-state index in [1.165, 1.54) is 29.2 Å². The number of ether oxygens (including phenoxy) is 1. The second kappa shape index (κ2) is 9.74. The number of nitrogens with zero attached hydrogens (tertiary/aromatic N) is 2. The molecule has 0 aromatic heterocycles. The molecule has 2 aromatic rings. The summed E-state index contributed by atoms with van der Waals surface area (Å²) in [5, 5.41) is 22.2. The van der Waals surface area contributed by atoms with E-state index in [-0.39, 0.29) is 29.5 Å². The molecule has 0 radical (unpaired) electrons. The molecular formula is C24H26N2O6. The Bertz CT molecular complexity index is 1080. The number of amides is 1. The molecule has 32 heavy (non-hydrogen) atoms. The van der Waals surface area contributed by atoms with Crippen LogP contribution in [0.5, 0.6) is 0 Å². The van der Waals surface area contributed by atoms with Gasteiger partial charge in [0.15, 0.2) is 0 Å². The van der Waals surface area contributed by atoms with E-state index in [9.17, 15) is 24.8 Å². The quantitative estimate of drug-likeness (QED) is 0.166. The molecule has 1 saturated heterocycles. The van der Waals surface area contributed by atoms with Crippen molar-refractivity contribution in [1.82, 2.24) is 4.90 Å². The standard InChI is InChI=1S/C24H26N2O6/c1-15(2)32-13-7-12-25-21(19-11-5-4-8-16(19)3)20(23(28)24(25)29)22(27)17-9-6-10-18(14-17)26(30)31/h4-6,8-11,14-15,21,27H,7,12-13H2,1-3H3/b22-20+. The van der Waals surface area contributed by atoms with Gasteiger partial charge in [-0.05, 0) is 38.3 Å². The molecular weight excluding hydrogens is 412 g/mol. The van der Waals surface area contributed by atoms with E-state index >= 15 is 0 Å². The summed E-state index contributed by atoms with van der Waals surface area (Å²) < 4.78 is 5.56. The molecule has 8 nitrogen and oxygen atoms in total. The SMILES string of the molecule is Cc1ccccc1C1/C(=C(\O)c2cccc([N+](=O)[O-])c2)C(=O)C(=O)N1CCCOC(C)C. The van der Waals surface area contributed by atoms with Gasteiger partial charge in [-0.2, -0.15) is 0 Å². The summed E-state index contributed by atoms with van der Waals surface area (Å²) in [6, 6.07) is 11.9. The number of hydrogen-bond acceptors (Lipinski definition) is 6. The van der Waals surface area contributed by atoms with Crippen molar-refractivity contribution in [3.05, 3.63) is 80.9 Å². The number of hydrogen-bond donors (Lipinski definition) is 1. The van der Waals surface area contributed by atoms with Gasteiger partial charge in [0.25, 0.3) is 17.4 Å². The molecule has 1 aliphatic heterocycles. The van der Waals surface area contributed by atoms with Gasteiger partial charge >= 0.3 is 0 Å². The maximum absolute atomic E-state index is 13.0. The van der Waals surface area contributed by atoms with Crippen LogP contribution in [0.15, 0.2) is 54.1 Å². The number of non-ortho nitro benzene ring substituents is 1. The number of benzene rings is 2. The number of nitro groups is 1. The Morgan fingerprint density at radius 1 is 1.19 bits per heavy atom. The number of aliphatic hydroxyl groups excluding tert-OH is 1. The Balaban J connectivity index is 2.08. The van der Waals surface area contributed by atoms with E-state index in [4.69, 9.17) is 4.74 Å². The van der Waals surface area contributed by atoms with Crippen LogP contribution in [0.2, 0.25) is 0 Å². The van der Waals surface area contributed by atoms with Crippen LogP contribution in [0, 0.1) is 17.0 Å². The van der Waals surface area contributed by atoms with Crippen molar-refractivity contribution in [2.24, 2.45) is 0 Å². The second-order valence-electron chi connectivity index (χ2n) is 7.93. The number of carbonyl (C=O) groups excluding carboxylic acids is 2. The maximum Gasteiger partial charge on any atom is 0.295 e. The number of ketones is 1. The third-order valence-electron chi connectivity index (χ3n) is 5.35. The average Bonchev–Trinajstić information content (AvgIpc) is 3.01. The molecule has 1 heterocycles. The average molecular weight is 438 g/mol. The van der Waals surface area contributed by atoms with Crippen molar-refractivity contribution in [1.29, 1.82) is 0 Å². The highest BCUT2D eigenvalue weighted by Gasteiger charge is 2.46. The highest BCUT2D eigenvalue weighted by Crippen LogP contribution is 2.40. The highest BCUT2D eigenvalue weighted by atomic mass is 16.6. The molecule has 0 aliphatic carbocycles. The monoisotopic (exact) mass is 438 g/mol. The fraction of sp³-hybridized carbons (Fsp3) is 0.333. The van der Waals surface area contributed by atoms with Gasteiger partial charge in [-0.3, -0.25) is 19.7 Å². The molecule has 0 bridgehead atoms. The van der Waals surface area contributed by atoms with E-state index in [1.54, 1.807) is 6.07 Å². The van der Waals surface area contributed by atoms with Crippen molar-refractivity contribution in [3.63, 3.8) is 0 Å². The molecule has 8 heteroatoms. The van der Waals surface area contributed by atoms with Gasteiger partial charge < -0.3 is 14.7 Å². The fourth-order valence-electron chi connectivity index (χ4n) is 3.80. The smallest absolute Gasteiger partial charge is 0.295 e. The van der Waals surface area contributed by atoms with Crippen molar-refractivity contribution in [2.75, 3.05) is 13.2 Å². The van der Waals surface area contributed by atoms with Crippen LogP contribution < -0.4 is 0 Å². The molecule has 2 aromatic carbocycles. The molecule has 1 atom stereocenters. The van der Waals surface area contributed by atoms with Gasteiger partial charge in [-0.25, -0.2) is 0 Å². The van der Waals surface area contributed by atoms with E-state index in [2.05, 4.69) is 0 Å². The lowest BCUT2D eigenvalue weighted by atomic mass is 9.92. The van der Waals surface area contributed by atoms with Gasteiger partial charge in [0.05, 0.1) is 22.6 Å². The van der Waals surface area contributed by atoms with Crippen LogP contribution in [-0.2, 0) is 14.3 Å². The lowest BCUT2D eigenvalue weighted by Gasteiger charge is -2.26. The van der Waals surface area contributed by atoms with Crippen LogP contribution >= 0.6 is 0 Å². The molecule has 1 N–H and O–H groups in total. The summed E-state index contributed by atoms with van der Waals surface area (Å²) in [5.74, 6) is -1.96. The minimum absolute atomic E-state index is 0.0476. The van der Waals surface area contributed by atoms with E-state index < -0.39 is 28.4 Å². The van der Waals surface area contributed by atoms with Crippen LogP contribution in [0.3, 0.4) is 0 Å².